The van der Waals surface area contributed by atoms with E-state index >= 15 is 0 Å². The fraction of sp³-hybridized carbons (Fsp3) is 1.00. The number of alkyl halides is 2. The second-order valence-corrected chi connectivity index (χ2v) is 7.13. The van der Waals surface area contributed by atoms with E-state index in [2.05, 4.69) is 4.90 Å². The van der Waals surface area contributed by atoms with Crippen molar-refractivity contribution in [3.8, 4) is 0 Å². The van der Waals surface area contributed by atoms with E-state index in [0.717, 1.165) is 6.04 Å². The standard InChI is InChI=1S/C10H19IN/c1-2-4-10(5-3-1)12-8-6-11-7-9-12/h10H,1-9H2/q-1. The van der Waals surface area contributed by atoms with Crippen molar-refractivity contribution >= 4 is 0 Å². The Morgan fingerprint density at radius 3 is 2.25 bits per heavy atom. The molecule has 0 aromatic rings. The van der Waals surface area contributed by atoms with Crippen LogP contribution in [0.5, 0.6) is 0 Å². The van der Waals surface area contributed by atoms with E-state index in [9.17, 15) is 0 Å². The fourth-order valence-electron chi connectivity index (χ4n) is 2.35. The van der Waals surface area contributed by atoms with Gasteiger partial charge in [0, 0.05) is 0 Å². The van der Waals surface area contributed by atoms with E-state index in [-0.39, 0.29) is 0 Å². The first kappa shape index (κ1) is 9.25. The third-order valence-electron chi connectivity index (χ3n) is 3.10. The second kappa shape index (κ2) is 4.80. The number of hydrogen-bond donors (Lipinski definition) is 0. The first-order valence-electron chi connectivity index (χ1n) is 5.24. The van der Waals surface area contributed by atoms with E-state index < -0.39 is 0 Å². The Hall–Kier alpha value is 0.690. The number of halogens is 1. The van der Waals surface area contributed by atoms with Crippen LogP contribution in [-0.2, 0) is 0 Å². The first-order valence-corrected chi connectivity index (χ1v) is 8.29. The molecule has 2 heteroatoms. The summed E-state index contributed by atoms with van der Waals surface area (Å²) < 4.78 is 3.13. The zero-order chi connectivity index (χ0) is 8.23. The molecule has 0 spiro atoms. The van der Waals surface area contributed by atoms with Gasteiger partial charge in [-0.2, -0.15) is 0 Å². The molecule has 2 rings (SSSR count). The summed E-state index contributed by atoms with van der Waals surface area (Å²) in [6, 6.07) is 0.989. The van der Waals surface area contributed by atoms with Gasteiger partial charge in [0.25, 0.3) is 0 Å². The van der Waals surface area contributed by atoms with Crippen molar-refractivity contribution in [2.75, 3.05) is 21.9 Å². The molecule has 2 aliphatic rings. The molecule has 0 bridgehead atoms. The van der Waals surface area contributed by atoms with Crippen LogP contribution in [-0.4, -0.2) is 32.9 Å². The normalized spacial score (nSPS) is 29.7. The zero-order valence-corrected chi connectivity index (χ0v) is 9.92. The van der Waals surface area contributed by atoms with Gasteiger partial charge in [0.15, 0.2) is 0 Å². The molecule has 0 N–H and O–H groups in total. The number of nitrogens with zero attached hydrogens (tertiary/aromatic N) is 1. The van der Waals surface area contributed by atoms with Crippen molar-refractivity contribution in [3.63, 3.8) is 0 Å². The third-order valence-corrected chi connectivity index (χ3v) is 5.59. The summed E-state index contributed by atoms with van der Waals surface area (Å²) in [5.74, 6) is 0. The van der Waals surface area contributed by atoms with Crippen molar-refractivity contribution in [1.82, 2.24) is 4.90 Å². The second-order valence-electron chi connectivity index (χ2n) is 3.89. The van der Waals surface area contributed by atoms with Crippen molar-refractivity contribution < 1.29 is 21.2 Å². The van der Waals surface area contributed by atoms with E-state index in [4.69, 9.17) is 0 Å². The average Bonchev–Trinajstić information content (AvgIpc) is 2.21. The van der Waals surface area contributed by atoms with Crippen molar-refractivity contribution in [2.45, 2.75) is 38.1 Å². The Bertz CT molecular complexity index is 110. The molecule has 1 aliphatic heterocycles. The van der Waals surface area contributed by atoms with Crippen molar-refractivity contribution in [2.24, 2.45) is 0 Å². The van der Waals surface area contributed by atoms with Crippen LogP contribution in [0.2, 0.25) is 0 Å². The molecule has 1 saturated carbocycles. The summed E-state index contributed by atoms with van der Waals surface area (Å²) in [5, 5.41) is 0. The Kier molecular flexibility index (Phi) is 3.70. The van der Waals surface area contributed by atoms with Gasteiger partial charge in [-0.15, -0.1) is 0 Å². The van der Waals surface area contributed by atoms with Crippen LogP contribution in [0.15, 0.2) is 0 Å². The summed E-state index contributed by atoms with van der Waals surface area (Å²) in [4.78, 5) is 2.78. The molecule has 0 aromatic heterocycles. The van der Waals surface area contributed by atoms with Crippen LogP contribution in [0, 0.1) is 0 Å². The molecule has 1 heterocycles. The van der Waals surface area contributed by atoms with Gasteiger partial charge in [0.1, 0.15) is 0 Å². The van der Waals surface area contributed by atoms with Crippen LogP contribution in [0.4, 0.5) is 0 Å². The Labute approximate surface area is 86.2 Å². The van der Waals surface area contributed by atoms with Gasteiger partial charge in [0.2, 0.25) is 0 Å². The molecule has 0 amide bonds. The van der Waals surface area contributed by atoms with Crippen molar-refractivity contribution in [1.29, 1.82) is 0 Å². The summed E-state index contributed by atoms with van der Waals surface area (Å²) in [5.41, 5.74) is 0. The molecule has 1 nitrogen and oxygen atoms in total. The predicted molar refractivity (Wildman–Crippen MR) is 48.2 cm³/mol. The molecule has 0 atom stereocenters. The predicted octanol–water partition coefficient (Wildman–Crippen LogP) is -1.28. The van der Waals surface area contributed by atoms with Gasteiger partial charge in [0.05, 0.1) is 0 Å². The quantitative estimate of drug-likeness (QED) is 0.427. The van der Waals surface area contributed by atoms with Gasteiger partial charge in [-0.25, -0.2) is 0 Å². The van der Waals surface area contributed by atoms with E-state index in [0.29, 0.717) is 21.2 Å². The first-order chi connectivity index (χ1) is 5.97. The molecule has 12 heavy (non-hydrogen) atoms. The summed E-state index contributed by atoms with van der Waals surface area (Å²) in [6.07, 6.45) is 7.49. The Morgan fingerprint density at radius 2 is 1.58 bits per heavy atom. The SMILES string of the molecule is C1CCC(N2CC[I-]CC2)CC1. The third kappa shape index (κ3) is 2.34. The maximum absolute atomic E-state index is 2.78. The minimum absolute atomic E-state index is 0.623. The van der Waals surface area contributed by atoms with E-state index in [1.807, 2.05) is 0 Å². The molecular formula is C10H19IN-. The maximum atomic E-state index is 2.78. The van der Waals surface area contributed by atoms with E-state index in [1.165, 1.54) is 45.2 Å². The average molecular weight is 280 g/mol. The topological polar surface area (TPSA) is 3.24 Å². The van der Waals surface area contributed by atoms with Gasteiger partial charge in [-0.3, -0.25) is 0 Å². The van der Waals surface area contributed by atoms with Gasteiger partial charge < -0.3 is 0 Å². The van der Waals surface area contributed by atoms with Crippen LogP contribution in [0.3, 0.4) is 0 Å². The van der Waals surface area contributed by atoms with Gasteiger partial charge >= 0.3 is 86.2 Å². The molecule has 2 fully saturated rings. The van der Waals surface area contributed by atoms with Crippen LogP contribution >= 0.6 is 0 Å². The Morgan fingerprint density at radius 1 is 0.917 bits per heavy atom. The van der Waals surface area contributed by atoms with Crippen molar-refractivity contribution in [3.05, 3.63) is 0 Å². The summed E-state index contributed by atoms with van der Waals surface area (Å²) >= 11 is 0.623. The monoisotopic (exact) mass is 280 g/mol. The Balaban J connectivity index is 1.80. The van der Waals surface area contributed by atoms with Crippen LogP contribution < -0.4 is 21.2 Å². The fourth-order valence-corrected chi connectivity index (χ4v) is 4.82. The molecular weight excluding hydrogens is 261 g/mol. The molecule has 0 aromatic carbocycles. The molecule has 1 aliphatic carbocycles. The molecule has 72 valence electrons. The summed E-state index contributed by atoms with van der Waals surface area (Å²) in [7, 11) is 0. The van der Waals surface area contributed by atoms with E-state index in [1.54, 1.807) is 8.86 Å². The van der Waals surface area contributed by atoms with Gasteiger partial charge in [-0.1, -0.05) is 0 Å². The van der Waals surface area contributed by atoms with Crippen LogP contribution in [0.1, 0.15) is 32.1 Å². The zero-order valence-electron chi connectivity index (χ0n) is 7.77. The van der Waals surface area contributed by atoms with Crippen LogP contribution in [0.25, 0.3) is 0 Å². The van der Waals surface area contributed by atoms with Gasteiger partial charge in [-0.05, 0) is 0 Å². The number of rotatable bonds is 1. The minimum atomic E-state index is 0.623. The molecule has 0 unspecified atom stereocenters. The number of hydrogen-bond acceptors (Lipinski definition) is 1. The molecule has 0 radical (unpaired) electrons. The summed E-state index contributed by atoms with van der Waals surface area (Å²) in [6.45, 7) is 2.88. The molecule has 1 saturated heterocycles.